The molecule has 1 saturated carbocycles. The number of hydrogen-bond acceptors (Lipinski definition) is 2. The van der Waals surface area contributed by atoms with Gasteiger partial charge in [-0.1, -0.05) is 29.3 Å². The second kappa shape index (κ2) is 4.86. The zero-order chi connectivity index (χ0) is 12.5. The maximum atomic E-state index is 9.04. The molecule has 2 rings (SSSR count). The number of benzene rings is 1. The molecule has 0 amide bonds. The Morgan fingerprint density at radius 2 is 2.12 bits per heavy atom. The first-order valence-corrected chi connectivity index (χ1v) is 6.34. The number of hydrogen-bond donors (Lipinski definition) is 0. The largest absolute Gasteiger partial charge is 0.300 e. The molecule has 0 aliphatic heterocycles. The molecule has 0 heterocycles. The summed E-state index contributed by atoms with van der Waals surface area (Å²) in [4.78, 5) is 2.14. The van der Waals surface area contributed by atoms with Crippen LogP contribution in [0.25, 0.3) is 0 Å². The summed E-state index contributed by atoms with van der Waals surface area (Å²) in [7, 11) is 2.02. The van der Waals surface area contributed by atoms with Crippen LogP contribution in [0.2, 0.25) is 10.0 Å². The fourth-order valence-electron chi connectivity index (χ4n) is 1.97. The van der Waals surface area contributed by atoms with Crippen LogP contribution in [0.15, 0.2) is 18.2 Å². The van der Waals surface area contributed by atoms with E-state index < -0.39 is 0 Å². The molecule has 0 unspecified atom stereocenters. The maximum Gasteiger partial charge on any atom is 0.0703 e. The standard InChI is InChI=1S/C13H14Cl2N2/c1-17(9-13(8-16)4-5-13)7-10-2-3-11(14)6-12(10)15/h2-3,6H,4-5,7,9H2,1H3. The lowest BCUT2D eigenvalue weighted by atomic mass is 10.1. The van der Waals surface area contributed by atoms with Crippen LogP contribution < -0.4 is 0 Å². The van der Waals surface area contributed by atoms with Crippen molar-refractivity contribution in [3.63, 3.8) is 0 Å². The Morgan fingerprint density at radius 3 is 2.65 bits per heavy atom. The Balaban J connectivity index is 1.99. The Bertz CT molecular complexity index is 461. The van der Waals surface area contributed by atoms with Crippen LogP contribution in [0.5, 0.6) is 0 Å². The van der Waals surface area contributed by atoms with Crippen molar-refractivity contribution in [1.82, 2.24) is 4.90 Å². The molecular weight excluding hydrogens is 255 g/mol. The highest BCUT2D eigenvalue weighted by molar-refractivity contribution is 6.35. The molecule has 1 aliphatic rings. The van der Waals surface area contributed by atoms with Gasteiger partial charge in [-0.05, 0) is 37.6 Å². The van der Waals surface area contributed by atoms with Crippen molar-refractivity contribution in [2.45, 2.75) is 19.4 Å². The predicted octanol–water partition coefficient (Wildman–Crippen LogP) is 3.73. The number of halogens is 2. The molecule has 4 heteroatoms. The van der Waals surface area contributed by atoms with Gasteiger partial charge in [0, 0.05) is 23.1 Å². The van der Waals surface area contributed by atoms with E-state index >= 15 is 0 Å². The third-order valence-electron chi connectivity index (χ3n) is 3.12. The average molecular weight is 269 g/mol. The van der Waals surface area contributed by atoms with Crippen molar-refractivity contribution in [2.24, 2.45) is 5.41 Å². The van der Waals surface area contributed by atoms with E-state index in [1.54, 1.807) is 6.07 Å². The van der Waals surface area contributed by atoms with E-state index in [1.807, 2.05) is 19.2 Å². The summed E-state index contributed by atoms with van der Waals surface area (Å²) >= 11 is 12.0. The van der Waals surface area contributed by atoms with Crippen LogP contribution >= 0.6 is 23.2 Å². The van der Waals surface area contributed by atoms with Gasteiger partial charge in [0.05, 0.1) is 11.5 Å². The minimum Gasteiger partial charge on any atom is -0.300 e. The smallest absolute Gasteiger partial charge is 0.0703 e. The van der Waals surface area contributed by atoms with Gasteiger partial charge in [0.25, 0.3) is 0 Å². The van der Waals surface area contributed by atoms with Crippen molar-refractivity contribution in [3.05, 3.63) is 33.8 Å². The first kappa shape index (κ1) is 12.7. The number of rotatable bonds is 4. The molecule has 2 nitrogen and oxygen atoms in total. The SMILES string of the molecule is CN(Cc1ccc(Cl)cc1Cl)CC1(C#N)CC1. The molecule has 0 bridgehead atoms. The van der Waals surface area contributed by atoms with E-state index in [0.717, 1.165) is 31.5 Å². The van der Waals surface area contributed by atoms with Crippen molar-refractivity contribution in [3.8, 4) is 6.07 Å². The van der Waals surface area contributed by atoms with Crippen LogP contribution in [-0.2, 0) is 6.54 Å². The summed E-state index contributed by atoms with van der Waals surface area (Å²) in [5.41, 5.74) is 0.945. The monoisotopic (exact) mass is 268 g/mol. The third kappa shape index (κ3) is 3.13. The van der Waals surface area contributed by atoms with E-state index in [4.69, 9.17) is 28.5 Å². The second-order valence-corrected chi connectivity index (χ2v) is 5.64. The molecule has 1 aromatic rings. The molecule has 0 radical (unpaired) electrons. The quantitative estimate of drug-likeness (QED) is 0.832. The minimum atomic E-state index is -0.104. The Hall–Kier alpha value is -0.750. The third-order valence-corrected chi connectivity index (χ3v) is 3.71. The molecule has 1 aromatic carbocycles. The van der Waals surface area contributed by atoms with Crippen molar-refractivity contribution >= 4 is 23.2 Å². The molecule has 0 spiro atoms. The van der Waals surface area contributed by atoms with Gasteiger partial charge in [-0.15, -0.1) is 0 Å². The topological polar surface area (TPSA) is 27.0 Å². The molecule has 90 valence electrons. The zero-order valence-corrected chi connectivity index (χ0v) is 11.2. The van der Waals surface area contributed by atoms with Gasteiger partial charge in [-0.25, -0.2) is 0 Å². The van der Waals surface area contributed by atoms with Crippen LogP contribution in [0, 0.1) is 16.7 Å². The fraction of sp³-hybridized carbons (Fsp3) is 0.462. The molecule has 0 aromatic heterocycles. The second-order valence-electron chi connectivity index (χ2n) is 4.80. The molecule has 1 fully saturated rings. The Labute approximate surface area is 112 Å². The van der Waals surface area contributed by atoms with Crippen LogP contribution in [0.3, 0.4) is 0 Å². The number of nitrogens with zero attached hydrogens (tertiary/aromatic N) is 2. The molecule has 0 saturated heterocycles. The van der Waals surface area contributed by atoms with E-state index in [9.17, 15) is 0 Å². The summed E-state index contributed by atoms with van der Waals surface area (Å²) in [6.07, 6.45) is 2.03. The van der Waals surface area contributed by atoms with E-state index in [-0.39, 0.29) is 5.41 Å². The fourth-order valence-corrected chi connectivity index (χ4v) is 2.44. The van der Waals surface area contributed by atoms with Gasteiger partial charge in [0.2, 0.25) is 0 Å². The summed E-state index contributed by atoms with van der Waals surface area (Å²) in [6.45, 7) is 1.56. The van der Waals surface area contributed by atoms with Gasteiger partial charge >= 0.3 is 0 Å². The lowest BCUT2D eigenvalue weighted by Crippen LogP contribution is -2.25. The summed E-state index contributed by atoms with van der Waals surface area (Å²) in [5.74, 6) is 0. The van der Waals surface area contributed by atoms with Crippen molar-refractivity contribution in [1.29, 1.82) is 5.26 Å². The Morgan fingerprint density at radius 1 is 1.41 bits per heavy atom. The zero-order valence-electron chi connectivity index (χ0n) is 9.71. The van der Waals surface area contributed by atoms with Crippen molar-refractivity contribution < 1.29 is 0 Å². The Kier molecular flexibility index (Phi) is 3.63. The predicted molar refractivity (Wildman–Crippen MR) is 70.1 cm³/mol. The van der Waals surface area contributed by atoms with Gasteiger partial charge in [0.1, 0.15) is 0 Å². The highest BCUT2D eigenvalue weighted by Crippen LogP contribution is 2.45. The van der Waals surface area contributed by atoms with Crippen LogP contribution in [-0.4, -0.2) is 18.5 Å². The summed E-state index contributed by atoms with van der Waals surface area (Å²) in [6, 6.07) is 7.93. The molecular formula is C13H14Cl2N2. The highest BCUT2D eigenvalue weighted by Gasteiger charge is 2.43. The summed E-state index contributed by atoms with van der Waals surface area (Å²) in [5, 5.41) is 10.4. The van der Waals surface area contributed by atoms with Crippen molar-refractivity contribution in [2.75, 3.05) is 13.6 Å². The van der Waals surface area contributed by atoms with Crippen LogP contribution in [0.1, 0.15) is 18.4 Å². The molecule has 0 atom stereocenters. The minimum absolute atomic E-state index is 0.104. The van der Waals surface area contributed by atoms with Gasteiger partial charge in [0.15, 0.2) is 0 Å². The van der Waals surface area contributed by atoms with Crippen LogP contribution in [0.4, 0.5) is 0 Å². The normalized spacial score (nSPS) is 16.9. The van der Waals surface area contributed by atoms with E-state index in [1.165, 1.54) is 0 Å². The first-order valence-electron chi connectivity index (χ1n) is 5.58. The number of nitriles is 1. The highest BCUT2D eigenvalue weighted by atomic mass is 35.5. The molecule has 17 heavy (non-hydrogen) atoms. The maximum absolute atomic E-state index is 9.04. The molecule has 1 aliphatic carbocycles. The van der Waals surface area contributed by atoms with E-state index in [0.29, 0.717) is 10.0 Å². The summed E-state index contributed by atoms with van der Waals surface area (Å²) < 4.78 is 0. The molecule has 0 N–H and O–H groups in total. The first-order chi connectivity index (χ1) is 8.04. The van der Waals surface area contributed by atoms with Gasteiger partial charge < -0.3 is 4.90 Å². The lowest BCUT2D eigenvalue weighted by molar-refractivity contribution is 0.287. The van der Waals surface area contributed by atoms with E-state index in [2.05, 4.69) is 11.0 Å². The lowest BCUT2D eigenvalue weighted by Gasteiger charge is -2.20. The average Bonchev–Trinajstić information content (AvgIpc) is 3.03. The van der Waals surface area contributed by atoms with Gasteiger partial charge in [-0.2, -0.15) is 5.26 Å². The van der Waals surface area contributed by atoms with Gasteiger partial charge in [-0.3, -0.25) is 0 Å².